The van der Waals surface area contributed by atoms with Crippen molar-refractivity contribution in [3.05, 3.63) is 47.5 Å². The quantitative estimate of drug-likeness (QED) is 0.168. The fourth-order valence-electron chi connectivity index (χ4n) is 6.14. The number of likely N-dealkylation sites (N-methyl/N-ethyl adjacent to an activating group) is 2. The van der Waals surface area contributed by atoms with Crippen molar-refractivity contribution in [1.29, 1.82) is 0 Å². The summed E-state index contributed by atoms with van der Waals surface area (Å²) < 4.78 is 42.9. The molecule has 0 aliphatic carbocycles. The zero-order valence-corrected chi connectivity index (χ0v) is 37.4. The Kier molecular flexibility index (Phi) is 24.2. The monoisotopic (exact) mass is 898 g/mol. The first-order chi connectivity index (χ1) is 29.4. The summed E-state index contributed by atoms with van der Waals surface area (Å²) in [4.78, 5) is 106. The zero-order chi connectivity index (χ0) is 48.0. The number of allylic oxidation sites excluding steroid dienone is 1. The number of cyclic esters (lactones) is 2. The lowest BCUT2D eigenvalue weighted by Crippen LogP contribution is -2.57. The number of carboxylic acid groups (broad SMARTS) is 1. The summed E-state index contributed by atoms with van der Waals surface area (Å²) in [5.41, 5.74) is 6.68. The van der Waals surface area contributed by atoms with Gasteiger partial charge in [0.05, 0.1) is 13.2 Å². The maximum atomic E-state index is 14.1. The number of alkyl halides is 3. The van der Waals surface area contributed by atoms with Gasteiger partial charge >= 0.3 is 24.1 Å². The van der Waals surface area contributed by atoms with Crippen LogP contribution in [0.2, 0.25) is 0 Å². The Morgan fingerprint density at radius 1 is 0.952 bits per heavy atom. The number of benzene rings is 1. The first kappa shape index (κ1) is 55.5. The maximum Gasteiger partial charge on any atom is 0.490 e. The normalized spacial score (nSPS) is 23.6. The number of carboxylic acids is 1. The third-order valence-corrected chi connectivity index (χ3v) is 10.1. The first-order valence-corrected chi connectivity index (χ1v) is 20.9. The molecule has 0 saturated heterocycles. The summed E-state index contributed by atoms with van der Waals surface area (Å²) in [7, 11) is 2.88. The molecule has 63 heavy (non-hydrogen) atoms. The number of aliphatic carboxylic acids is 1. The van der Waals surface area contributed by atoms with Gasteiger partial charge in [0.25, 0.3) is 5.91 Å². The molecule has 20 heteroatoms. The van der Waals surface area contributed by atoms with E-state index in [0.29, 0.717) is 38.6 Å². The average molecular weight is 899 g/mol. The van der Waals surface area contributed by atoms with Crippen LogP contribution in [0.4, 0.5) is 13.2 Å². The van der Waals surface area contributed by atoms with Gasteiger partial charge in [0, 0.05) is 26.1 Å². The Morgan fingerprint density at radius 2 is 1.57 bits per heavy atom. The highest BCUT2D eigenvalue weighted by Crippen LogP contribution is 2.17. The summed E-state index contributed by atoms with van der Waals surface area (Å²) in [6, 6.07) is 4.84. The van der Waals surface area contributed by atoms with Gasteiger partial charge in [-0.2, -0.15) is 13.2 Å². The molecule has 1 aromatic rings. The van der Waals surface area contributed by atoms with E-state index in [9.17, 15) is 46.7 Å². The van der Waals surface area contributed by atoms with Crippen molar-refractivity contribution in [2.45, 2.75) is 129 Å². The molecular weight excluding hydrogens is 833 g/mol. The molecule has 6 atom stereocenters. The van der Waals surface area contributed by atoms with Gasteiger partial charge in [-0.25, -0.2) is 14.4 Å². The number of ether oxygens (including phenoxy) is 2. The van der Waals surface area contributed by atoms with Gasteiger partial charge in [0.2, 0.25) is 23.6 Å². The highest BCUT2D eigenvalue weighted by molar-refractivity contribution is 5.96. The largest absolute Gasteiger partial charge is 0.490 e. The predicted molar refractivity (Wildman–Crippen MR) is 225 cm³/mol. The third kappa shape index (κ3) is 20.0. The molecule has 6 N–H and O–H groups in total. The summed E-state index contributed by atoms with van der Waals surface area (Å²) >= 11 is 0. The Morgan fingerprint density at radius 3 is 2.13 bits per heavy atom. The molecule has 1 aliphatic heterocycles. The van der Waals surface area contributed by atoms with Crippen molar-refractivity contribution >= 4 is 47.4 Å². The van der Waals surface area contributed by atoms with Crippen molar-refractivity contribution in [1.82, 2.24) is 25.8 Å². The van der Waals surface area contributed by atoms with E-state index in [-0.39, 0.29) is 43.3 Å². The number of carbonyl (C=O) groups excluding carboxylic acids is 7. The highest BCUT2D eigenvalue weighted by atomic mass is 19.4. The Labute approximate surface area is 367 Å². The number of esters is 2. The van der Waals surface area contributed by atoms with Crippen LogP contribution >= 0.6 is 0 Å². The van der Waals surface area contributed by atoms with Gasteiger partial charge in [0.15, 0.2) is 6.10 Å². The fraction of sp³-hybridized carbons (Fsp3) is 0.628. The van der Waals surface area contributed by atoms with E-state index < -0.39 is 90.4 Å². The van der Waals surface area contributed by atoms with Crippen LogP contribution < -0.4 is 21.7 Å². The topological polar surface area (TPSA) is 244 Å². The molecule has 1 unspecified atom stereocenters. The van der Waals surface area contributed by atoms with Crippen LogP contribution in [0.15, 0.2) is 42.0 Å². The molecule has 0 radical (unpaired) electrons. The standard InChI is InChI=1S/C41H64N6O9.C2HF3O2/c1-9-27(4)35-37(50)44-31(20-13-15-21-42)41(54)55-22-16-14-17-28(5)40(53)56-33(23-26(2)3)36(49)43-29(6)38(51)47(8)32(24-30-18-11-10-12-19-30)39(52)46(7)25-34(48)45-35;3-2(4,5)1(6)7/h10-12,17-19,26-27,29,31-33,35H,9,13-16,20-25,42H2,1-8H3,(H,43,49)(H,44,50)(H,45,48);(H,6,7)/b28-17+;/t27?,29-,31-,32+,33+,35-;/m0./s1. The van der Waals surface area contributed by atoms with Crippen LogP contribution in [-0.2, 0) is 54.3 Å². The van der Waals surface area contributed by atoms with Gasteiger partial charge in [-0.15, -0.1) is 0 Å². The smallest absolute Gasteiger partial charge is 0.475 e. The summed E-state index contributed by atoms with van der Waals surface area (Å²) in [5, 5.41) is 15.3. The van der Waals surface area contributed by atoms with Crippen LogP contribution in [0.5, 0.6) is 0 Å². The SMILES string of the molecule is CCC(C)[C@@H]1NC(=O)CN(C)C(=O)[C@@H](Cc2ccccc2)N(C)C(=O)[C@H](C)NC(=O)[C@@H](CC(C)C)OC(=O)/C(C)=C/CCCOC(=O)[C@H](CCCCN)NC1=O.O=C(O)C(F)(F)F. The van der Waals surface area contributed by atoms with Crippen molar-refractivity contribution in [3.8, 4) is 0 Å². The molecule has 5 amide bonds. The lowest BCUT2D eigenvalue weighted by Gasteiger charge is -2.33. The minimum Gasteiger partial charge on any atom is -0.475 e. The number of rotatable bonds is 10. The number of unbranched alkanes of at least 4 members (excludes halogenated alkanes) is 1. The average Bonchev–Trinajstić information content (AvgIpc) is 3.22. The molecule has 0 aromatic heterocycles. The van der Waals surface area contributed by atoms with Gasteiger partial charge in [0.1, 0.15) is 24.2 Å². The van der Waals surface area contributed by atoms with Crippen LogP contribution in [0.1, 0.15) is 92.1 Å². The maximum absolute atomic E-state index is 14.1. The molecule has 0 spiro atoms. The van der Waals surface area contributed by atoms with E-state index in [4.69, 9.17) is 25.1 Å². The molecule has 0 bridgehead atoms. The number of halogens is 3. The molecule has 17 nitrogen and oxygen atoms in total. The molecule has 1 aromatic carbocycles. The number of nitrogens with one attached hydrogen (secondary N) is 3. The Bertz CT molecular complexity index is 1730. The van der Waals surface area contributed by atoms with Crippen molar-refractivity contribution in [3.63, 3.8) is 0 Å². The van der Waals surface area contributed by atoms with E-state index in [2.05, 4.69) is 16.0 Å². The van der Waals surface area contributed by atoms with Crippen LogP contribution in [0, 0.1) is 11.8 Å². The van der Waals surface area contributed by atoms with Gasteiger partial charge in [-0.05, 0) is 76.3 Å². The van der Waals surface area contributed by atoms with Gasteiger partial charge in [-0.1, -0.05) is 70.5 Å². The minimum absolute atomic E-state index is 0.0107. The number of nitrogens with zero attached hydrogens (tertiary/aromatic N) is 2. The molecule has 2 rings (SSSR count). The predicted octanol–water partition coefficient (Wildman–Crippen LogP) is 3.04. The van der Waals surface area contributed by atoms with E-state index >= 15 is 0 Å². The number of hydrogen-bond donors (Lipinski definition) is 5. The van der Waals surface area contributed by atoms with Crippen LogP contribution in [0.25, 0.3) is 0 Å². The third-order valence-electron chi connectivity index (χ3n) is 10.1. The van der Waals surface area contributed by atoms with Crippen molar-refractivity contribution in [2.24, 2.45) is 17.6 Å². The molecule has 1 aliphatic rings. The highest BCUT2D eigenvalue weighted by Gasteiger charge is 2.38. The van der Waals surface area contributed by atoms with Gasteiger partial charge in [-0.3, -0.25) is 24.0 Å². The zero-order valence-electron chi connectivity index (χ0n) is 37.4. The van der Waals surface area contributed by atoms with E-state index in [1.807, 2.05) is 39.0 Å². The number of nitrogens with two attached hydrogens (primary N) is 1. The second-order valence-electron chi connectivity index (χ2n) is 15.9. The van der Waals surface area contributed by atoms with E-state index in [0.717, 1.165) is 5.56 Å². The molecule has 1 heterocycles. The molecule has 0 saturated carbocycles. The van der Waals surface area contributed by atoms with Crippen molar-refractivity contribution < 1.29 is 66.1 Å². The second-order valence-corrected chi connectivity index (χ2v) is 15.9. The van der Waals surface area contributed by atoms with Crippen LogP contribution in [-0.4, -0.2) is 133 Å². The van der Waals surface area contributed by atoms with Crippen LogP contribution in [0.3, 0.4) is 0 Å². The first-order valence-electron chi connectivity index (χ1n) is 20.9. The summed E-state index contributed by atoms with van der Waals surface area (Å²) in [6.45, 7) is 10.4. The Balaban J connectivity index is 0.00000260. The summed E-state index contributed by atoms with van der Waals surface area (Å²) in [6.07, 6.45) is -1.67. The lowest BCUT2D eigenvalue weighted by atomic mass is 9.97. The minimum atomic E-state index is -5.08. The lowest BCUT2D eigenvalue weighted by molar-refractivity contribution is -0.192. The molecular formula is C43H65F3N6O11. The fourth-order valence-corrected chi connectivity index (χ4v) is 6.14. The van der Waals surface area contributed by atoms with Crippen molar-refractivity contribution in [2.75, 3.05) is 33.8 Å². The summed E-state index contributed by atoms with van der Waals surface area (Å²) in [5.74, 6) is -7.45. The number of amides is 5. The van der Waals surface area contributed by atoms with E-state index in [1.165, 1.54) is 30.8 Å². The number of carbonyl (C=O) groups is 8. The Hall–Kier alpha value is -5.53. The molecule has 0 fully saturated rings. The van der Waals surface area contributed by atoms with E-state index in [1.54, 1.807) is 32.1 Å². The second kappa shape index (κ2) is 27.5. The molecule has 354 valence electrons. The van der Waals surface area contributed by atoms with Gasteiger partial charge < -0.3 is 46.1 Å². The number of hydrogen-bond acceptors (Lipinski definition) is 11.